The van der Waals surface area contributed by atoms with E-state index in [0.29, 0.717) is 5.02 Å². The Kier molecular flexibility index (Phi) is 2.39. The van der Waals surface area contributed by atoms with Gasteiger partial charge in [-0.15, -0.1) is 0 Å². The first-order valence-electron chi connectivity index (χ1n) is 4.40. The average molecular weight is 211 g/mol. The topological polar surface area (TPSA) is 56.2 Å². The monoisotopic (exact) mass is 210 g/mol. The molecule has 5 heteroatoms. The van der Waals surface area contributed by atoms with Crippen LogP contribution in [0.5, 0.6) is 0 Å². The maximum atomic E-state index is 5.79. The van der Waals surface area contributed by atoms with Gasteiger partial charge in [-0.25, -0.2) is 9.50 Å². The molecular formula is C9H11ClN4. The zero-order valence-corrected chi connectivity index (χ0v) is 8.57. The van der Waals surface area contributed by atoms with Crippen LogP contribution in [0.25, 0.3) is 5.65 Å². The van der Waals surface area contributed by atoms with Crippen LogP contribution in [0.4, 0.5) is 0 Å². The average Bonchev–Trinajstić information content (AvgIpc) is 2.44. The zero-order chi connectivity index (χ0) is 10.1. The van der Waals surface area contributed by atoms with Crippen molar-refractivity contribution in [2.75, 3.05) is 0 Å². The van der Waals surface area contributed by atoms with E-state index in [-0.39, 0.29) is 6.04 Å². The van der Waals surface area contributed by atoms with Gasteiger partial charge in [-0.2, -0.15) is 5.10 Å². The fourth-order valence-corrected chi connectivity index (χ4v) is 1.47. The molecule has 2 rings (SSSR count). The molecule has 0 aliphatic heterocycles. The third-order valence-electron chi connectivity index (χ3n) is 1.86. The number of halogens is 1. The van der Waals surface area contributed by atoms with Crippen LogP contribution < -0.4 is 5.73 Å². The number of hydrogen-bond donors (Lipinski definition) is 1. The molecule has 0 aromatic carbocycles. The predicted molar refractivity (Wildman–Crippen MR) is 55.4 cm³/mol. The van der Waals surface area contributed by atoms with Gasteiger partial charge in [-0.3, -0.25) is 0 Å². The highest BCUT2D eigenvalue weighted by Gasteiger charge is 2.04. The van der Waals surface area contributed by atoms with Crippen LogP contribution in [0.15, 0.2) is 18.5 Å². The summed E-state index contributed by atoms with van der Waals surface area (Å²) in [6.07, 6.45) is 4.09. The molecule has 0 aliphatic carbocycles. The summed E-state index contributed by atoms with van der Waals surface area (Å²) in [6, 6.07) is 2.02. The number of nitrogens with zero attached hydrogens (tertiary/aromatic N) is 3. The van der Waals surface area contributed by atoms with Gasteiger partial charge in [0.2, 0.25) is 0 Å². The van der Waals surface area contributed by atoms with E-state index in [2.05, 4.69) is 10.1 Å². The maximum Gasteiger partial charge on any atom is 0.155 e. The fourth-order valence-electron chi connectivity index (χ4n) is 1.33. The lowest BCUT2D eigenvalue weighted by Gasteiger charge is -1.98. The molecule has 0 fully saturated rings. The van der Waals surface area contributed by atoms with Crippen LogP contribution in [-0.2, 0) is 6.42 Å². The molecule has 0 bridgehead atoms. The van der Waals surface area contributed by atoms with E-state index in [1.807, 2.05) is 13.0 Å². The van der Waals surface area contributed by atoms with Crippen molar-refractivity contribution in [2.45, 2.75) is 19.4 Å². The largest absolute Gasteiger partial charge is 0.328 e. The molecule has 0 spiro atoms. The van der Waals surface area contributed by atoms with Crippen molar-refractivity contribution in [3.63, 3.8) is 0 Å². The van der Waals surface area contributed by atoms with E-state index in [4.69, 9.17) is 17.3 Å². The third-order valence-corrected chi connectivity index (χ3v) is 2.06. The SMILES string of the molecule is CC(N)Cc1cc2ncc(Cl)cn2n1. The molecule has 0 saturated heterocycles. The number of rotatable bonds is 2. The molecule has 2 heterocycles. The highest BCUT2D eigenvalue weighted by molar-refractivity contribution is 6.30. The lowest BCUT2D eigenvalue weighted by molar-refractivity contribution is 0.712. The Morgan fingerprint density at radius 3 is 3.14 bits per heavy atom. The first-order valence-corrected chi connectivity index (χ1v) is 4.78. The summed E-state index contributed by atoms with van der Waals surface area (Å²) in [6.45, 7) is 1.95. The van der Waals surface area contributed by atoms with E-state index in [9.17, 15) is 0 Å². The van der Waals surface area contributed by atoms with E-state index in [1.54, 1.807) is 16.9 Å². The van der Waals surface area contributed by atoms with Crippen molar-refractivity contribution in [1.82, 2.24) is 14.6 Å². The van der Waals surface area contributed by atoms with Crippen LogP contribution in [0, 0.1) is 0 Å². The smallest absolute Gasteiger partial charge is 0.155 e. The van der Waals surface area contributed by atoms with Crippen LogP contribution in [0.3, 0.4) is 0 Å². The molecule has 2 N–H and O–H groups in total. The van der Waals surface area contributed by atoms with Gasteiger partial charge >= 0.3 is 0 Å². The van der Waals surface area contributed by atoms with Crippen molar-refractivity contribution < 1.29 is 0 Å². The minimum atomic E-state index is 0.107. The van der Waals surface area contributed by atoms with Crippen molar-refractivity contribution in [3.8, 4) is 0 Å². The van der Waals surface area contributed by atoms with Gasteiger partial charge in [0.1, 0.15) is 0 Å². The second kappa shape index (κ2) is 3.55. The van der Waals surface area contributed by atoms with E-state index < -0.39 is 0 Å². The van der Waals surface area contributed by atoms with Gasteiger partial charge in [0.05, 0.1) is 16.9 Å². The Labute approximate surface area is 86.7 Å². The molecule has 14 heavy (non-hydrogen) atoms. The third kappa shape index (κ3) is 1.86. The van der Waals surface area contributed by atoms with Crippen LogP contribution in [0.2, 0.25) is 5.02 Å². The van der Waals surface area contributed by atoms with Crippen molar-refractivity contribution in [3.05, 3.63) is 29.2 Å². The minimum Gasteiger partial charge on any atom is -0.328 e. The standard InChI is InChI=1S/C9H11ClN4/c1-6(11)2-8-3-9-12-4-7(10)5-14(9)13-8/h3-6H,2,11H2,1H3. The van der Waals surface area contributed by atoms with Gasteiger partial charge in [0.25, 0.3) is 0 Å². The Bertz CT molecular complexity index is 449. The summed E-state index contributed by atoms with van der Waals surface area (Å²) in [7, 11) is 0. The van der Waals surface area contributed by atoms with Crippen LogP contribution in [0.1, 0.15) is 12.6 Å². The molecule has 74 valence electrons. The number of nitrogens with two attached hydrogens (primary N) is 1. The van der Waals surface area contributed by atoms with Crippen molar-refractivity contribution >= 4 is 17.2 Å². The summed E-state index contributed by atoms with van der Waals surface area (Å²) < 4.78 is 1.67. The minimum absolute atomic E-state index is 0.107. The van der Waals surface area contributed by atoms with Gasteiger partial charge in [0, 0.05) is 24.7 Å². The van der Waals surface area contributed by atoms with Crippen LogP contribution in [-0.4, -0.2) is 20.6 Å². The van der Waals surface area contributed by atoms with Gasteiger partial charge < -0.3 is 5.73 Å². The maximum absolute atomic E-state index is 5.79. The molecule has 0 aliphatic rings. The van der Waals surface area contributed by atoms with Crippen LogP contribution >= 0.6 is 11.6 Å². The Balaban J connectivity index is 2.41. The first kappa shape index (κ1) is 9.43. The molecule has 0 radical (unpaired) electrons. The summed E-state index contributed by atoms with van der Waals surface area (Å²) in [5.41, 5.74) is 7.42. The molecule has 2 aromatic rings. The summed E-state index contributed by atoms with van der Waals surface area (Å²) in [5, 5.41) is 4.88. The summed E-state index contributed by atoms with van der Waals surface area (Å²) in [5.74, 6) is 0. The molecular weight excluding hydrogens is 200 g/mol. The lowest BCUT2D eigenvalue weighted by atomic mass is 10.2. The number of fused-ring (bicyclic) bond motifs is 1. The molecule has 0 amide bonds. The van der Waals surface area contributed by atoms with E-state index in [1.165, 1.54) is 0 Å². The Morgan fingerprint density at radius 1 is 1.64 bits per heavy atom. The predicted octanol–water partition coefficient (Wildman–Crippen LogP) is 1.27. The molecule has 4 nitrogen and oxygen atoms in total. The Morgan fingerprint density at radius 2 is 2.43 bits per heavy atom. The first-order chi connectivity index (χ1) is 6.65. The number of aromatic nitrogens is 3. The van der Waals surface area contributed by atoms with Crippen molar-refractivity contribution in [2.24, 2.45) is 5.73 Å². The summed E-state index contributed by atoms with van der Waals surface area (Å²) in [4.78, 5) is 4.14. The Hall–Kier alpha value is -1.13. The van der Waals surface area contributed by atoms with Gasteiger partial charge in [-0.1, -0.05) is 11.6 Å². The lowest BCUT2D eigenvalue weighted by Crippen LogP contribution is -2.17. The second-order valence-electron chi connectivity index (χ2n) is 3.39. The molecule has 2 aromatic heterocycles. The second-order valence-corrected chi connectivity index (χ2v) is 3.83. The van der Waals surface area contributed by atoms with Gasteiger partial charge in [0.15, 0.2) is 5.65 Å². The zero-order valence-electron chi connectivity index (χ0n) is 7.81. The quantitative estimate of drug-likeness (QED) is 0.812. The fraction of sp³-hybridized carbons (Fsp3) is 0.333. The highest BCUT2D eigenvalue weighted by atomic mass is 35.5. The molecule has 1 unspecified atom stereocenters. The van der Waals surface area contributed by atoms with Gasteiger partial charge in [-0.05, 0) is 6.92 Å². The van der Waals surface area contributed by atoms with E-state index in [0.717, 1.165) is 17.8 Å². The molecule has 0 saturated carbocycles. The number of hydrogen-bond acceptors (Lipinski definition) is 3. The summed E-state index contributed by atoms with van der Waals surface area (Å²) >= 11 is 5.79. The normalized spacial score (nSPS) is 13.4. The van der Waals surface area contributed by atoms with Crippen molar-refractivity contribution in [1.29, 1.82) is 0 Å². The van der Waals surface area contributed by atoms with E-state index >= 15 is 0 Å². The highest BCUT2D eigenvalue weighted by Crippen LogP contribution is 2.09. The molecule has 1 atom stereocenters.